The van der Waals surface area contributed by atoms with E-state index in [0.29, 0.717) is 24.5 Å². The van der Waals surface area contributed by atoms with Gasteiger partial charge >= 0.3 is 0 Å². The molecule has 86 valence electrons. The predicted molar refractivity (Wildman–Crippen MR) is 67.1 cm³/mol. The molecule has 1 N–H and O–H groups in total. The first-order chi connectivity index (χ1) is 7.50. The van der Waals surface area contributed by atoms with Crippen LogP contribution in [0, 0.1) is 0 Å². The molecule has 0 amide bonds. The summed E-state index contributed by atoms with van der Waals surface area (Å²) in [5.74, 6) is 0. The minimum Gasteiger partial charge on any atom is -0.382 e. The van der Waals surface area contributed by atoms with Gasteiger partial charge in [0.25, 0.3) is 0 Å². The molecule has 0 aliphatic rings. The van der Waals surface area contributed by atoms with Crippen LogP contribution in [-0.4, -0.2) is 20.1 Å². The van der Waals surface area contributed by atoms with Crippen LogP contribution in [0.3, 0.4) is 0 Å². The van der Waals surface area contributed by atoms with Crippen molar-refractivity contribution < 1.29 is 5.11 Å². The van der Waals surface area contributed by atoms with Crippen LogP contribution in [0.2, 0.25) is 8.67 Å². The van der Waals surface area contributed by atoms with Gasteiger partial charge in [0.15, 0.2) is 4.60 Å². The van der Waals surface area contributed by atoms with Gasteiger partial charge in [-0.25, -0.2) is 4.68 Å². The molecular formula is C8H6BrCl2N3OS. The Morgan fingerprint density at radius 1 is 1.56 bits per heavy atom. The number of aliphatic hydroxyl groups is 1. The van der Waals surface area contributed by atoms with Crippen LogP contribution in [0.4, 0.5) is 0 Å². The standard InChI is InChI=1S/C8H6BrCl2N3OS/c1-14-5(7(9)12-13-14)6(15)3-2-4(10)16-8(3)11/h2,6,15H,1H3. The number of aromatic nitrogens is 3. The third kappa shape index (κ3) is 2.12. The number of nitrogens with zero attached hydrogens (tertiary/aromatic N) is 3. The molecule has 2 heterocycles. The average Bonchev–Trinajstić information content (AvgIpc) is 2.70. The van der Waals surface area contributed by atoms with E-state index in [0.717, 1.165) is 0 Å². The highest BCUT2D eigenvalue weighted by Crippen LogP contribution is 2.38. The van der Waals surface area contributed by atoms with Gasteiger partial charge in [-0.05, 0) is 22.0 Å². The third-order valence-electron chi connectivity index (χ3n) is 2.06. The van der Waals surface area contributed by atoms with Crippen molar-refractivity contribution in [2.45, 2.75) is 6.10 Å². The normalized spacial score (nSPS) is 13.1. The minimum absolute atomic E-state index is 0.464. The van der Waals surface area contributed by atoms with Crippen LogP contribution in [0.5, 0.6) is 0 Å². The number of aliphatic hydroxyl groups excluding tert-OH is 1. The van der Waals surface area contributed by atoms with E-state index < -0.39 is 6.10 Å². The second kappa shape index (κ2) is 4.62. The first kappa shape index (κ1) is 12.3. The van der Waals surface area contributed by atoms with Crippen molar-refractivity contribution in [2.24, 2.45) is 7.05 Å². The lowest BCUT2D eigenvalue weighted by Gasteiger charge is -2.09. The third-order valence-corrected chi connectivity index (χ3v) is 4.15. The summed E-state index contributed by atoms with van der Waals surface area (Å²) in [6, 6.07) is 1.64. The molecule has 0 saturated carbocycles. The number of rotatable bonds is 2. The Kier molecular flexibility index (Phi) is 3.56. The van der Waals surface area contributed by atoms with Gasteiger partial charge in [-0.15, -0.1) is 16.4 Å². The Morgan fingerprint density at radius 2 is 2.25 bits per heavy atom. The maximum atomic E-state index is 10.2. The van der Waals surface area contributed by atoms with Crippen LogP contribution < -0.4 is 0 Å². The molecule has 2 rings (SSSR count). The summed E-state index contributed by atoms with van der Waals surface area (Å²) in [6.07, 6.45) is -0.898. The fourth-order valence-electron chi connectivity index (χ4n) is 1.32. The molecule has 4 nitrogen and oxygen atoms in total. The van der Waals surface area contributed by atoms with Gasteiger partial charge in [0.2, 0.25) is 0 Å². The molecule has 1 unspecified atom stereocenters. The van der Waals surface area contributed by atoms with Gasteiger partial charge < -0.3 is 5.11 Å². The first-order valence-electron chi connectivity index (χ1n) is 4.18. The lowest BCUT2D eigenvalue weighted by Crippen LogP contribution is -2.06. The maximum absolute atomic E-state index is 10.2. The maximum Gasteiger partial charge on any atom is 0.154 e. The summed E-state index contributed by atoms with van der Waals surface area (Å²) in [6.45, 7) is 0. The molecule has 8 heteroatoms. The van der Waals surface area contributed by atoms with E-state index in [4.69, 9.17) is 23.2 Å². The highest BCUT2D eigenvalue weighted by molar-refractivity contribution is 9.10. The van der Waals surface area contributed by atoms with Crippen molar-refractivity contribution in [3.8, 4) is 0 Å². The predicted octanol–water partition coefficient (Wildman–Crippen LogP) is 3.03. The zero-order valence-corrected chi connectivity index (χ0v) is 11.9. The Morgan fingerprint density at radius 3 is 2.69 bits per heavy atom. The molecule has 0 bridgehead atoms. The Labute approximate surface area is 114 Å². The zero-order valence-electron chi connectivity index (χ0n) is 7.99. The van der Waals surface area contributed by atoms with Gasteiger partial charge in [0, 0.05) is 12.6 Å². The average molecular weight is 343 g/mol. The molecule has 0 aliphatic heterocycles. The topological polar surface area (TPSA) is 50.9 Å². The fourth-order valence-corrected chi connectivity index (χ4v) is 3.38. The lowest BCUT2D eigenvalue weighted by molar-refractivity contribution is 0.209. The van der Waals surface area contributed by atoms with Crippen molar-refractivity contribution in [2.75, 3.05) is 0 Å². The molecule has 0 radical (unpaired) electrons. The smallest absolute Gasteiger partial charge is 0.154 e. The van der Waals surface area contributed by atoms with Gasteiger partial charge in [-0.3, -0.25) is 0 Å². The van der Waals surface area contributed by atoms with E-state index in [2.05, 4.69) is 26.2 Å². The van der Waals surface area contributed by atoms with Gasteiger partial charge in [-0.2, -0.15) is 0 Å². The Balaban J connectivity index is 2.46. The lowest BCUT2D eigenvalue weighted by atomic mass is 10.1. The first-order valence-corrected chi connectivity index (χ1v) is 6.55. The highest BCUT2D eigenvalue weighted by atomic mass is 79.9. The number of hydrogen-bond donors (Lipinski definition) is 1. The quantitative estimate of drug-likeness (QED) is 0.912. The van der Waals surface area contributed by atoms with Crippen molar-refractivity contribution in [1.29, 1.82) is 0 Å². The van der Waals surface area contributed by atoms with Crippen molar-refractivity contribution in [3.63, 3.8) is 0 Å². The van der Waals surface area contributed by atoms with Crippen molar-refractivity contribution in [3.05, 3.63) is 30.6 Å². The number of aryl methyl sites for hydroxylation is 1. The van der Waals surface area contributed by atoms with Gasteiger partial charge in [0.1, 0.15) is 16.1 Å². The molecule has 1 atom stereocenters. The van der Waals surface area contributed by atoms with Crippen LogP contribution in [0.25, 0.3) is 0 Å². The van der Waals surface area contributed by atoms with E-state index in [-0.39, 0.29) is 0 Å². The van der Waals surface area contributed by atoms with Crippen molar-refractivity contribution >= 4 is 50.5 Å². The van der Waals surface area contributed by atoms with E-state index in [1.54, 1.807) is 13.1 Å². The molecule has 2 aromatic rings. The SMILES string of the molecule is Cn1nnc(Br)c1C(O)c1cc(Cl)sc1Cl. The molecule has 2 aromatic heterocycles. The summed E-state index contributed by atoms with van der Waals surface area (Å²) in [5, 5.41) is 17.8. The molecule has 0 aromatic carbocycles. The minimum atomic E-state index is -0.898. The molecule has 0 fully saturated rings. The van der Waals surface area contributed by atoms with Crippen LogP contribution in [-0.2, 0) is 7.05 Å². The second-order valence-electron chi connectivity index (χ2n) is 3.07. The fraction of sp³-hybridized carbons (Fsp3) is 0.250. The highest BCUT2D eigenvalue weighted by Gasteiger charge is 2.23. The second-order valence-corrected chi connectivity index (χ2v) is 6.11. The molecule has 0 spiro atoms. The van der Waals surface area contributed by atoms with Crippen LogP contribution in [0.1, 0.15) is 17.4 Å². The summed E-state index contributed by atoms with van der Waals surface area (Å²) in [4.78, 5) is 0. The molecular weight excluding hydrogens is 337 g/mol. The van der Waals surface area contributed by atoms with E-state index in [1.165, 1.54) is 16.0 Å². The van der Waals surface area contributed by atoms with E-state index in [1.807, 2.05) is 0 Å². The van der Waals surface area contributed by atoms with Crippen LogP contribution >= 0.6 is 50.5 Å². The number of halogens is 3. The zero-order chi connectivity index (χ0) is 11.9. The molecule has 16 heavy (non-hydrogen) atoms. The van der Waals surface area contributed by atoms with Crippen molar-refractivity contribution in [1.82, 2.24) is 15.0 Å². The van der Waals surface area contributed by atoms with Crippen LogP contribution in [0.15, 0.2) is 10.7 Å². The summed E-state index contributed by atoms with van der Waals surface area (Å²) in [5.41, 5.74) is 1.10. The molecule has 0 aliphatic carbocycles. The summed E-state index contributed by atoms with van der Waals surface area (Å²) in [7, 11) is 1.69. The Hall–Kier alpha value is -0.140. The Bertz CT molecular complexity index is 508. The summed E-state index contributed by atoms with van der Waals surface area (Å²) >= 11 is 16.2. The van der Waals surface area contributed by atoms with E-state index >= 15 is 0 Å². The molecule has 0 saturated heterocycles. The summed E-state index contributed by atoms with van der Waals surface area (Å²) < 4.78 is 2.97. The largest absolute Gasteiger partial charge is 0.382 e. The van der Waals surface area contributed by atoms with Gasteiger partial charge in [-0.1, -0.05) is 28.4 Å². The van der Waals surface area contributed by atoms with E-state index in [9.17, 15) is 5.11 Å². The number of thiophene rings is 1. The van der Waals surface area contributed by atoms with Gasteiger partial charge in [0.05, 0.1) is 4.34 Å². The monoisotopic (exact) mass is 341 g/mol. The number of hydrogen-bond acceptors (Lipinski definition) is 4.